The minimum Gasteiger partial charge on any atom is -0.385 e. The first-order valence-electron chi connectivity index (χ1n) is 6.40. The Labute approximate surface area is 122 Å². The summed E-state index contributed by atoms with van der Waals surface area (Å²) in [5, 5.41) is 6.71. The van der Waals surface area contributed by atoms with Gasteiger partial charge in [-0.15, -0.1) is 0 Å². The average molecular weight is 320 g/mol. The maximum Gasteiger partial charge on any atom is 0.126 e. The van der Waals surface area contributed by atoms with Crippen LogP contribution < -0.4 is 10.6 Å². The van der Waals surface area contributed by atoms with E-state index in [1.807, 2.05) is 24.4 Å². The van der Waals surface area contributed by atoms with Crippen LogP contribution in [0.25, 0.3) is 0 Å². The lowest BCUT2D eigenvalue weighted by atomic mass is 10.3. The molecule has 0 aliphatic carbocycles. The molecule has 1 aromatic carbocycles. The van der Waals surface area contributed by atoms with Crippen molar-refractivity contribution in [3.8, 4) is 0 Å². The van der Waals surface area contributed by atoms with E-state index < -0.39 is 0 Å². The quantitative estimate of drug-likeness (QED) is 0.788. The fraction of sp³-hybridized carbons (Fsp3) is 0.267. The molecule has 1 aromatic heterocycles. The third kappa shape index (κ3) is 4.56. The van der Waals surface area contributed by atoms with Gasteiger partial charge in [0, 0.05) is 29.4 Å². The van der Waals surface area contributed by atoms with Crippen molar-refractivity contribution in [2.75, 3.05) is 23.7 Å². The largest absolute Gasteiger partial charge is 0.385 e. The smallest absolute Gasteiger partial charge is 0.126 e. The molecule has 3 nitrogen and oxygen atoms in total. The summed E-state index contributed by atoms with van der Waals surface area (Å²) in [5.41, 5.74) is 2.36. The lowest BCUT2D eigenvalue weighted by molar-refractivity contribution is 0.903. The van der Waals surface area contributed by atoms with Crippen LogP contribution in [0, 0.1) is 6.92 Å². The highest BCUT2D eigenvalue weighted by molar-refractivity contribution is 9.10. The summed E-state index contributed by atoms with van der Waals surface area (Å²) in [5.74, 6) is 0.931. The third-order valence-electron chi connectivity index (χ3n) is 2.81. The first-order valence-corrected chi connectivity index (χ1v) is 7.20. The number of nitrogens with zero attached hydrogens (tertiary/aromatic N) is 1. The van der Waals surface area contributed by atoms with E-state index in [1.54, 1.807) is 0 Å². The van der Waals surface area contributed by atoms with E-state index in [-0.39, 0.29) is 0 Å². The van der Waals surface area contributed by atoms with Crippen LogP contribution in [-0.4, -0.2) is 18.1 Å². The van der Waals surface area contributed by atoms with Gasteiger partial charge in [-0.05, 0) is 53.0 Å². The maximum atomic E-state index is 4.32. The molecule has 0 saturated carbocycles. The van der Waals surface area contributed by atoms with E-state index in [1.165, 1.54) is 11.3 Å². The molecule has 4 heteroatoms. The van der Waals surface area contributed by atoms with Crippen LogP contribution in [0.1, 0.15) is 12.0 Å². The monoisotopic (exact) mass is 319 g/mol. The van der Waals surface area contributed by atoms with Crippen LogP contribution in [0.2, 0.25) is 0 Å². The minimum atomic E-state index is 0.911. The molecule has 0 saturated heterocycles. The molecule has 0 radical (unpaired) electrons. The number of nitrogens with one attached hydrogen (secondary N) is 2. The van der Waals surface area contributed by atoms with Gasteiger partial charge in [0.15, 0.2) is 0 Å². The van der Waals surface area contributed by atoms with E-state index in [4.69, 9.17) is 0 Å². The van der Waals surface area contributed by atoms with Crippen LogP contribution in [0.15, 0.2) is 47.1 Å². The van der Waals surface area contributed by atoms with E-state index in [9.17, 15) is 0 Å². The second-order valence-electron chi connectivity index (χ2n) is 4.39. The number of aryl methyl sites for hydroxylation is 1. The molecule has 0 aliphatic heterocycles. The Morgan fingerprint density at radius 3 is 2.58 bits per heavy atom. The van der Waals surface area contributed by atoms with Crippen molar-refractivity contribution in [2.24, 2.45) is 0 Å². The highest BCUT2D eigenvalue weighted by Gasteiger charge is 1.98. The van der Waals surface area contributed by atoms with Gasteiger partial charge in [0.05, 0.1) is 0 Å². The summed E-state index contributed by atoms with van der Waals surface area (Å²) in [6.07, 6.45) is 2.88. The number of pyridine rings is 1. The van der Waals surface area contributed by atoms with Gasteiger partial charge < -0.3 is 10.6 Å². The van der Waals surface area contributed by atoms with Crippen molar-refractivity contribution in [1.82, 2.24) is 4.98 Å². The summed E-state index contributed by atoms with van der Waals surface area (Å²) < 4.78 is 1.05. The zero-order valence-electron chi connectivity index (χ0n) is 11.0. The molecule has 0 atom stereocenters. The van der Waals surface area contributed by atoms with Crippen molar-refractivity contribution in [3.05, 3.63) is 52.6 Å². The number of anilines is 2. The lowest BCUT2D eigenvalue weighted by Gasteiger charge is -2.08. The molecule has 0 amide bonds. The van der Waals surface area contributed by atoms with Gasteiger partial charge in [0.2, 0.25) is 0 Å². The second kappa shape index (κ2) is 7.14. The first-order chi connectivity index (χ1) is 9.25. The topological polar surface area (TPSA) is 37.0 Å². The predicted octanol–water partition coefficient (Wildman–Crippen LogP) is 4.07. The van der Waals surface area contributed by atoms with Gasteiger partial charge in [0.1, 0.15) is 5.82 Å². The van der Waals surface area contributed by atoms with Crippen molar-refractivity contribution in [3.63, 3.8) is 0 Å². The lowest BCUT2D eigenvalue weighted by Crippen LogP contribution is -2.09. The van der Waals surface area contributed by atoms with Gasteiger partial charge in [0.25, 0.3) is 0 Å². The van der Waals surface area contributed by atoms with E-state index in [0.29, 0.717) is 0 Å². The predicted molar refractivity (Wildman–Crippen MR) is 84.7 cm³/mol. The van der Waals surface area contributed by atoms with Crippen LogP contribution in [-0.2, 0) is 0 Å². The number of rotatable bonds is 6. The molecule has 1 heterocycles. The molecule has 0 unspecified atom stereocenters. The Morgan fingerprint density at radius 2 is 1.84 bits per heavy atom. The van der Waals surface area contributed by atoms with Crippen LogP contribution >= 0.6 is 15.9 Å². The van der Waals surface area contributed by atoms with E-state index in [2.05, 4.69) is 56.7 Å². The molecule has 0 spiro atoms. The second-order valence-corrected chi connectivity index (χ2v) is 5.25. The number of halogens is 1. The van der Waals surface area contributed by atoms with Crippen LogP contribution in [0.4, 0.5) is 11.5 Å². The van der Waals surface area contributed by atoms with Crippen molar-refractivity contribution in [2.45, 2.75) is 13.3 Å². The van der Waals surface area contributed by atoms with Crippen molar-refractivity contribution < 1.29 is 0 Å². The summed E-state index contributed by atoms with van der Waals surface area (Å²) in [6.45, 7) is 3.92. The fourth-order valence-corrected chi connectivity index (χ4v) is 1.95. The SMILES string of the molecule is Cc1cc(NCCCNc2ccccc2)ncc1Br. The number of hydrogen-bond acceptors (Lipinski definition) is 3. The first kappa shape index (κ1) is 13.9. The molecule has 0 fully saturated rings. The molecular weight excluding hydrogens is 302 g/mol. The number of para-hydroxylation sites is 1. The number of hydrogen-bond donors (Lipinski definition) is 2. The molecule has 2 aromatic rings. The molecule has 2 rings (SSSR count). The number of benzene rings is 1. The van der Waals surface area contributed by atoms with Crippen LogP contribution in [0.3, 0.4) is 0 Å². The van der Waals surface area contributed by atoms with Gasteiger partial charge in [-0.1, -0.05) is 18.2 Å². The zero-order chi connectivity index (χ0) is 13.5. The van der Waals surface area contributed by atoms with Crippen LogP contribution in [0.5, 0.6) is 0 Å². The molecular formula is C15H18BrN3. The highest BCUT2D eigenvalue weighted by Crippen LogP contribution is 2.17. The maximum absolute atomic E-state index is 4.32. The zero-order valence-corrected chi connectivity index (χ0v) is 12.6. The Kier molecular flexibility index (Phi) is 5.21. The number of aromatic nitrogens is 1. The fourth-order valence-electron chi connectivity index (χ4n) is 1.73. The molecule has 0 aliphatic rings. The van der Waals surface area contributed by atoms with Gasteiger partial charge >= 0.3 is 0 Å². The molecule has 2 N–H and O–H groups in total. The van der Waals surface area contributed by atoms with E-state index >= 15 is 0 Å². The van der Waals surface area contributed by atoms with E-state index in [0.717, 1.165) is 29.8 Å². The van der Waals surface area contributed by atoms with Crippen molar-refractivity contribution >= 4 is 27.4 Å². The standard InChI is InChI=1S/C15H18BrN3/c1-12-10-15(19-11-14(12)16)18-9-5-8-17-13-6-3-2-4-7-13/h2-4,6-7,10-11,17H,5,8-9H2,1H3,(H,18,19). The average Bonchev–Trinajstić information content (AvgIpc) is 2.43. The Balaban J connectivity index is 1.68. The normalized spacial score (nSPS) is 10.2. The summed E-state index contributed by atoms with van der Waals surface area (Å²) in [4.78, 5) is 4.32. The highest BCUT2D eigenvalue weighted by atomic mass is 79.9. The van der Waals surface area contributed by atoms with Crippen molar-refractivity contribution in [1.29, 1.82) is 0 Å². The minimum absolute atomic E-state index is 0.911. The van der Waals surface area contributed by atoms with Gasteiger partial charge in [-0.25, -0.2) is 4.98 Å². The summed E-state index contributed by atoms with van der Waals surface area (Å²) in [6, 6.07) is 12.3. The molecule has 19 heavy (non-hydrogen) atoms. The van der Waals surface area contributed by atoms with Gasteiger partial charge in [-0.3, -0.25) is 0 Å². The summed E-state index contributed by atoms with van der Waals surface area (Å²) in [7, 11) is 0. The Bertz CT molecular complexity index is 514. The third-order valence-corrected chi connectivity index (χ3v) is 3.64. The summed E-state index contributed by atoms with van der Waals surface area (Å²) >= 11 is 3.45. The molecule has 100 valence electrons. The molecule has 0 bridgehead atoms. The Morgan fingerprint density at radius 1 is 1.11 bits per heavy atom. The van der Waals surface area contributed by atoms with Gasteiger partial charge in [-0.2, -0.15) is 0 Å². The Hall–Kier alpha value is -1.55.